The molecule has 0 bridgehead atoms. The Morgan fingerprint density at radius 2 is 1.72 bits per heavy atom. The summed E-state index contributed by atoms with van der Waals surface area (Å²) in [6, 6.07) is 16.7. The van der Waals surface area contributed by atoms with Gasteiger partial charge in [0.1, 0.15) is 17.5 Å². The zero-order chi connectivity index (χ0) is 23.3. The molecule has 32 heavy (non-hydrogen) atoms. The lowest BCUT2D eigenvalue weighted by atomic mass is 10.1. The molecule has 0 saturated carbocycles. The van der Waals surface area contributed by atoms with Gasteiger partial charge >= 0.3 is 0 Å². The zero-order valence-electron chi connectivity index (χ0n) is 19.7. The Labute approximate surface area is 191 Å². The molecule has 174 valence electrons. The Balaban J connectivity index is 2.09. The maximum atomic E-state index is 13.2. The third kappa shape index (κ3) is 7.91. The number of para-hydroxylation sites is 1. The van der Waals surface area contributed by atoms with Gasteiger partial charge in [-0.1, -0.05) is 44.2 Å². The van der Waals surface area contributed by atoms with E-state index in [4.69, 9.17) is 9.47 Å². The van der Waals surface area contributed by atoms with E-state index in [1.54, 1.807) is 12.0 Å². The average molecular weight is 441 g/mol. The first-order chi connectivity index (χ1) is 15.5. The number of nitrogens with one attached hydrogen (secondary N) is 1. The van der Waals surface area contributed by atoms with Crippen LogP contribution in [0.2, 0.25) is 0 Å². The fourth-order valence-corrected chi connectivity index (χ4v) is 3.40. The smallest absolute Gasteiger partial charge is 0.243 e. The topological polar surface area (TPSA) is 67.9 Å². The van der Waals surface area contributed by atoms with Crippen LogP contribution in [0.15, 0.2) is 54.6 Å². The van der Waals surface area contributed by atoms with Gasteiger partial charge in [0, 0.05) is 19.0 Å². The summed E-state index contributed by atoms with van der Waals surface area (Å²) in [7, 11) is 1.61. The van der Waals surface area contributed by atoms with E-state index in [1.807, 2.05) is 75.4 Å². The van der Waals surface area contributed by atoms with Crippen LogP contribution >= 0.6 is 0 Å². The molecule has 2 aromatic carbocycles. The summed E-state index contributed by atoms with van der Waals surface area (Å²) in [5.41, 5.74) is 0.924. The molecule has 2 atom stereocenters. The van der Waals surface area contributed by atoms with E-state index >= 15 is 0 Å². The second-order valence-electron chi connectivity index (χ2n) is 7.88. The molecule has 1 N–H and O–H groups in total. The van der Waals surface area contributed by atoms with E-state index in [-0.39, 0.29) is 17.9 Å². The standard InChI is InChI=1S/C26H36N2O4/c1-5-20(3)27-26(30)24(6-2)28(19-21-12-10-15-23(18-21)31-4)25(29)16-11-17-32-22-13-8-7-9-14-22/h7-10,12-15,18,20,24H,5-6,11,16-17,19H2,1-4H3,(H,27,30)/t20-,24+/m0/s1. The normalized spacial score (nSPS) is 12.5. The van der Waals surface area contributed by atoms with E-state index in [1.165, 1.54) is 0 Å². The quantitative estimate of drug-likeness (QED) is 0.463. The van der Waals surface area contributed by atoms with Crippen molar-refractivity contribution in [2.24, 2.45) is 0 Å². The summed E-state index contributed by atoms with van der Waals surface area (Å²) in [6.45, 7) is 6.73. The second-order valence-corrected chi connectivity index (χ2v) is 7.88. The molecule has 6 heteroatoms. The number of benzene rings is 2. The highest BCUT2D eigenvalue weighted by Crippen LogP contribution is 2.19. The number of nitrogens with zero attached hydrogens (tertiary/aromatic N) is 1. The molecule has 0 saturated heterocycles. The highest BCUT2D eigenvalue weighted by molar-refractivity contribution is 5.87. The lowest BCUT2D eigenvalue weighted by Crippen LogP contribution is -2.50. The predicted octanol–water partition coefficient (Wildman–Crippen LogP) is 4.58. The Kier molecular flexibility index (Phi) is 10.6. The molecule has 0 radical (unpaired) electrons. The molecule has 2 amide bonds. The monoisotopic (exact) mass is 440 g/mol. The number of rotatable bonds is 13. The Bertz CT molecular complexity index is 841. The van der Waals surface area contributed by atoms with Gasteiger partial charge < -0.3 is 19.7 Å². The summed E-state index contributed by atoms with van der Waals surface area (Å²) in [4.78, 5) is 27.9. The van der Waals surface area contributed by atoms with Crippen LogP contribution < -0.4 is 14.8 Å². The SMILES string of the molecule is CC[C@H](C(=O)N[C@@H](C)CC)N(Cc1cccc(OC)c1)C(=O)CCCOc1ccccc1. The second kappa shape index (κ2) is 13.4. The first-order valence-electron chi connectivity index (χ1n) is 11.4. The maximum absolute atomic E-state index is 13.2. The lowest BCUT2D eigenvalue weighted by Gasteiger charge is -2.31. The fraction of sp³-hybridized carbons (Fsp3) is 0.462. The minimum atomic E-state index is -0.530. The summed E-state index contributed by atoms with van der Waals surface area (Å²) in [5.74, 6) is 1.34. The van der Waals surface area contributed by atoms with Crippen molar-refractivity contribution in [2.45, 2.75) is 65.1 Å². The number of hydrogen-bond acceptors (Lipinski definition) is 4. The van der Waals surface area contributed by atoms with Crippen LogP contribution in [0.25, 0.3) is 0 Å². The molecular formula is C26H36N2O4. The van der Waals surface area contributed by atoms with Gasteiger partial charge in [0.25, 0.3) is 0 Å². The molecule has 0 aliphatic heterocycles. The van der Waals surface area contributed by atoms with Crippen LogP contribution in [0.4, 0.5) is 0 Å². The third-order valence-corrected chi connectivity index (χ3v) is 5.42. The maximum Gasteiger partial charge on any atom is 0.243 e. The van der Waals surface area contributed by atoms with Crippen LogP contribution in [0, 0.1) is 0 Å². The van der Waals surface area contributed by atoms with Crippen LogP contribution in [-0.4, -0.2) is 42.5 Å². The first-order valence-corrected chi connectivity index (χ1v) is 11.4. The molecule has 0 aliphatic rings. The van der Waals surface area contributed by atoms with Crippen molar-refractivity contribution < 1.29 is 19.1 Å². The van der Waals surface area contributed by atoms with Crippen LogP contribution in [0.5, 0.6) is 11.5 Å². The molecule has 6 nitrogen and oxygen atoms in total. The van der Waals surface area contributed by atoms with Crippen molar-refractivity contribution in [3.8, 4) is 11.5 Å². The van der Waals surface area contributed by atoms with E-state index in [0.29, 0.717) is 32.4 Å². The van der Waals surface area contributed by atoms with Gasteiger partial charge in [-0.25, -0.2) is 0 Å². The van der Waals surface area contributed by atoms with Crippen LogP contribution in [0.3, 0.4) is 0 Å². The number of carbonyl (C=O) groups is 2. The van der Waals surface area contributed by atoms with Gasteiger partial charge in [-0.15, -0.1) is 0 Å². The van der Waals surface area contributed by atoms with Crippen molar-refractivity contribution in [1.82, 2.24) is 10.2 Å². The number of carbonyl (C=O) groups excluding carboxylic acids is 2. The summed E-state index contributed by atoms with van der Waals surface area (Å²) in [5, 5.41) is 3.03. The molecule has 0 spiro atoms. The van der Waals surface area contributed by atoms with Gasteiger partial charge in [-0.05, 0) is 56.0 Å². The summed E-state index contributed by atoms with van der Waals surface area (Å²) in [6.07, 6.45) is 2.26. The zero-order valence-corrected chi connectivity index (χ0v) is 19.7. The third-order valence-electron chi connectivity index (χ3n) is 5.42. The molecule has 0 aromatic heterocycles. The van der Waals surface area contributed by atoms with Gasteiger partial charge in [0.2, 0.25) is 11.8 Å². The highest BCUT2D eigenvalue weighted by Gasteiger charge is 2.29. The predicted molar refractivity (Wildman–Crippen MR) is 127 cm³/mol. The first kappa shape index (κ1) is 25.2. The Hall–Kier alpha value is -3.02. The number of methoxy groups -OCH3 is 1. The van der Waals surface area contributed by atoms with Crippen molar-refractivity contribution in [1.29, 1.82) is 0 Å². The molecule has 0 aliphatic carbocycles. The number of ether oxygens (including phenoxy) is 2. The minimum Gasteiger partial charge on any atom is -0.497 e. The van der Waals surface area contributed by atoms with E-state index in [2.05, 4.69) is 5.32 Å². The Morgan fingerprint density at radius 1 is 1.00 bits per heavy atom. The largest absolute Gasteiger partial charge is 0.497 e. The number of hydrogen-bond donors (Lipinski definition) is 1. The van der Waals surface area contributed by atoms with Crippen molar-refractivity contribution in [3.05, 3.63) is 60.2 Å². The summed E-state index contributed by atoms with van der Waals surface area (Å²) >= 11 is 0. The summed E-state index contributed by atoms with van der Waals surface area (Å²) < 4.78 is 11.0. The lowest BCUT2D eigenvalue weighted by molar-refractivity contribution is -0.141. The number of amides is 2. The molecule has 2 aromatic rings. The van der Waals surface area contributed by atoms with Crippen molar-refractivity contribution in [2.75, 3.05) is 13.7 Å². The van der Waals surface area contributed by atoms with Crippen LogP contribution in [-0.2, 0) is 16.1 Å². The molecule has 0 fully saturated rings. The van der Waals surface area contributed by atoms with E-state index < -0.39 is 6.04 Å². The Morgan fingerprint density at radius 3 is 2.38 bits per heavy atom. The van der Waals surface area contributed by atoms with Gasteiger partial charge in [-0.3, -0.25) is 9.59 Å². The van der Waals surface area contributed by atoms with E-state index in [0.717, 1.165) is 23.5 Å². The minimum absolute atomic E-state index is 0.0596. The van der Waals surface area contributed by atoms with Crippen LogP contribution in [0.1, 0.15) is 52.0 Å². The van der Waals surface area contributed by atoms with Crippen molar-refractivity contribution in [3.63, 3.8) is 0 Å². The van der Waals surface area contributed by atoms with Gasteiger partial charge in [0.05, 0.1) is 13.7 Å². The highest BCUT2D eigenvalue weighted by atomic mass is 16.5. The fourth-order valence-electron chi connectivity index (χ4n) is 3.40. The van der Waals surface area contributed by atoms with Gasteiger partial charge in [-0.2, -0.15) is 0 Å². The van der Waals surface area contributed by atoms with Gasteiger partial charge in [0.15, 0.2) is 0 Å². The van der Waals surface area contributed by atoms with E-state index in [9.17, 15) is 9.59 Å². The molecule has 0 unspecified atom stereocenters. The average Bonchev–Trinajstić information content (AvgIpc) is 2.82. The van der Waals surface area contributed by atoms with Crippen molar-refractivity contribution >= 4 is 11.8 Å². The molecular weight excluding hydrogens is 404 g/mol. The molecule has 2 rings (SSSR count). The molecule has 0 heterocycles.